The van der Waals surface area contributed by atoms with Crippen molar-refractivity contribution in [2.45, 2.75) is 13.1 Å². The van der Waals surface area contributed by atoms with Crippen molar-refractivity contribution in [3.8, 4) is 0 Å². The molecule has 1 aliphatic heterocycles. The van der Waals surface area contributed by atoms with Crippen molar-refractivity contribution in [3.05, 3.63) is 21.9 Å². The summed E-state index contributed by atoms with van der Waals surface area (Å²) in [4.78, 5) is 15.6. The van der Waals surface area contributed by atoms with E-state index in [0.717, 1.165) is 4.88 Å². The van der Waals surface area contributed by atoms with Crippen molar-refractivity contribution < 1.29 is 13.2 Å². The Balaban J connectivity index is 2.13. The van der Waals surface area contributed by atoms with E-state index in [4.69, 9.17) is 0 Å². The lowest BCUT2D eigenvalue weighted by Crippen LogP contribution is -2.33. The van der Waals surface area contributed by atoms with Crippen LogP contribution >= 0.6 is 11.3 Å². The van der Waals surface area contributed by atoms with E-state index >= 15 is 0 Å². The second-order valence-corrected chi connectivity index (χ2v) is 8.03. The van der Waals surface area contributed by atoms with Crippen LogP contribution in [0.2, 0.25) is 0 Å². The van der Waals surface area contributed by atoms with Gasteiger partial charge < -0.3 is 4.90 Å². The highest BCUT2D eigenvalue weighted by Crippen LogP contribution is 2.28. The van der Waals surface area contributed by atoms with Gasteiger partial charge in [0.1, 0.15) is 16.0 Å². The Labute approximate surface area is 111 Å². The predicted octanol–water partition coefficient (Wildman–Crippen LogP) is 0.532. The van der Waals surface area contributed by atoms with Crippen molar-refractivity contribution in [3.63, 3.8) is 0 Å². The Morgan fingerprint density at radius 1 is 1.50 bits per heavy atom. The number of sulfone groups is 1. The minimum absolute atomic E-state index is 0.00127. The van der Waals surface area contributed by atoms with Gasteiger partial charge in [0, 0.05) is 22.6 Å². The van der Waals surface area contributed by atoms with Crippen molar-refractivity contribution in [1.29, 1.82) is 0 Å². The van der Waals surface area contributed by atoms with Crippen LogP contribution in [-0.2, 0) is 14.6 Å². The highest BCUT2D eigenvalue weighted by atomic mass is 32.2. The molecule has 5 nitrogen and oxygen atoms in total. The first-order chi connectivity index (χ1) is 8.37. The summed E-state index contributed by atoms with van der Waals surface area (Å²) in [7, 11) is -3.05. The number of amides is 1. The van der Waals surface area contributed by atoms with Gasteiger partial charge in [-0.3, -0.25) is 10.1 Å². The lowest BCUT2D eigenvalue weighted by molar-refractivity contribution is -0.127. The molecule has 1 atom stereocenters. The van der Waals surface area contributed by atoms with Gasteiger partial charge in [0.15, 0.2) is 0 Å². The number of nitrogens with one attached hydrogen (secondary N) is 1. The smallest absolute Gasteiger partial charge is 0.238 e. The highest BCUT2D eigenvalue weighted by molar-refractivity contribution is 7.90. The van der Waals surface area contributed by atoms with Crippen LogP contribution < -0.4 is 5.32 Å². The van der Waals surface area contributed by atoms with Crippen molar-refractivity contribution >= 4 is 27.1 Å². The van der Waals surface area contributed by atoms with Gasteiger partial charge in [0.25, 0.3) is 0 Å². The summed E-state index contributed by atoms with van der Waals surface area (Å²) in [5, 5.41) is 3.11. The van der Waals surface area contributed by atoms with Crippen LogP contribution in [0, 0.1) is 6.92 Å². The Morgan fingerprint density at radius 2 is 2.22 bits per heavy atom. The van der Waals surface area contributed by atoms with Crippen LogP contribution in [-0.4, -0.2) is 44.3 Å². The number of rotatable bonds is 4. The predicted molar refractivity (Wildman–Crippen MR) is 71.2 cm³/mol. The highest BCUT2D eigenvalue weighted by Gasteiger charge is 2.32. The molecular weight excluding hydrogens is 272 g/mol. The van der Waals surface area contributed by atoms with Crippen molar-refractivity contribution in [2.24, 2.45) is 0 Å². The molecule has 2 rings (SSSR count). The number of carbonyl (C=O) groups excluding carboxylic acids is 1. The Kier molecular flexibility index (Phi) is 3.74. The van der Waals surface area contributed by atoms with Crippen LogP contribution in [0.3, 0.4) is 0 Å². The van der Waals surface area contributed by atoms with Crippen LogP contribution in [0.4, 0.5) is 0 Å². The third-order valence-corrected chi connectivity index (χ3v) is 4.79. The van der Waals surface area contributed by atoms with Gasteiger partial charge in [-0.2, -0.15) is 0 Å². The van der Waals surface area contributed by atoms with Crippen LogP contribution in [0.5, 0.6) is 0 Å². The molecule has 1 saturated heterocycles. The SMILES string of the molecule is Cc1ccc(C2NCC(=O)N2CCS(C)(=O)=O)s1. The summed E-state index contributed by atoms with van der Waals surface area (Å²) >= 11 is 1.62. The summed E-state index contributed by atoms with van der Waals surface area (Å²) < 4.78 is 22.4. The van der Waals surface area contributed by atoms with Gasteiger partial charge in [-0.05, 0) is 19.1 Å². The van der Waals surface area contributed by atoms with E-state index in [-0.39, 0.29) is 30.9 Å². The fourth-order valence-electron chi connectivity index (χ4n) is 1.91. The minimum Gasteiger partial charge on any atom is -0.320 e. The van der Waals surface area contributed by atoms with Gasteiger partial charge >= 0.3 is 0 Å². The number of hydrogen-bond donors (Lipinski definition) is 1. The molecule has 100 valence electrons. The third kappa shape index (κ3) is 3.09. The van der Waals surface area contributed by atoms with E-state index in [2.05, 4.69) is 5.32 Å². The van der Waals surface area contributed by atoms with E-state index in [1.165, 1.54) is 11.1 Å². The number of thiophene rings is 1. The van der Waals surface area contributed by atoms with Gasteiger partial charge in [-0.15, -0.1) is 11.3 Å². The topological polar surface area (TPSA) is 66.5 Å². The van der Waals surface area contributed by atoms with Crippen molar-refractivity contribution in [2.75, 3.05) is 25.1 Å². The molecule has 18 heavy (non-hydrogen) atoms. The average molecular weight is 288 g/mol. The molecule has 0 saturated carbocycles. The molecule has 0 radical (unpaired) electrons. The Morgan fingerprint density at radius 3 is 2.78 bits per heavy atom. The van der Waals surface area contributed by atoms with Gasteiger partial charge in [0.05, 0.1) is 12.3 Å². The molecule has 0 bridgehead atoms. The molecule has 1 amide bonds. The zero-order valence-corrected chi connectivity index (χ0v) is 12.0. The maximum Gasteiger partial charge on any atom is 0.238 e. The molecule has 0 aliphatic carbocycles. The Bertz CT molecular complexity index is 550. The summed E-state index contributed by atoms with van der Waals surface area (Å²) in [6.45, 7) is 2.52. The fraction of sp³-hybridized carbons (Fsp3) is 0.545. The van der Waals surface area contributed by atoms with Crippen LogP contribution in [0.15, 0.2) is 12.1 Å². The van der Waals surface area contributed by atoms with E-state index in [1.807, 2.05) is 19.1 Å². The third-order valence-electron chi connectivity index (χ3n) is 2.81. The molecule has 1 N–H and O–H groups in total. The zero-order chi connectivity index (χ0) is 13.3. The number of carbonyl (C=O) groups is 1. The standard InChI is InChI=1S/C11H16N2O3S2/c1-8-3-4-9(17-8)11-12-7-10(14)13(11)5-6-18(2,15)16/h3-4,11-12H,5-7H2,1-2H3. The van der Waals surface area contributed by atoms with Crippen LogP contribution in [0.25, 0.3) is 0 Å². The molecule has 0 spiro atoms. The second-order valence-electron chi connectivity index (χ2n) is 4.45. The summed E-state index contributed by atoms with van der Waals surface area (Å²) in [6.07, 6.45) is 1.00. The number of nitrogens with zero attached hydrogens (tertiary/aromatic N) is 1. The normalized spacial score (nSPS) is 20.7. The molecule has 0 aromatic carbocycles. The summed E-state index contributed by atoms with van der Waals surface area (Å²) in [5.74, 6) is -0.0453. The number of aryl methyl sites for hydroxylation is 1. The molecule has 1 aromatic rings. The molecule has 1 unspecified atom stereocenters. The molecule has 7 heteroatoms. The lowest BCUT2D eigenvalue weighted by atomic mass is 10.3. The zero-order valence-electron chi connectivity index (χ0n) is 10.3. The quantitative estimate of drug-likeness (QED) is 0.878. The van der Waals surface area contributed by atoms with Crippen LogP contribution in [0.1, 0.15) is 15.9 Å². The van der Waals surface area contributed by atoms with Gasteiger partial charge in [0.2, 0.25) is 5.91 Å². The maximum atomic E-state index is 11.8. The molecular formula is C11H16N2O3S2. The minimum atomic E-state index is -3.05. The van der Waals surface area contributed by atoms with E-state index in [1.54, 1.807) is 16.2 Å². The molecule has 1 aliphatic rings. The average Bonchev–Trinajstić information content (AvgIpc) is 2.81. The largest absolute Gasteiger partial charge is 0.320 e. The van der Waals surface area contributed by atoms with E-state index in [9.17, 15) is 13.2 Å². The van der Waals surface area contributed by atoms with Crippen molar-refractivity contribution in [1.82, 2.24) is 10.2 Å². The van der Waals surface area contributed by atoms with E-state index in [0.29, 0.717) is 0 Å². The first kappa shape index (κ1) is 13.5. The van der Waals surface area contributed by atoms with E-state index < -0.39 is 9.84 Å². The van der Waals surface area contributed by atoms with Gasteiger partial charge in [-0.1, -0.05) is 0 Å². The second kappa shape index (κ2) is 4.99. The molecule has 1 aromatic heterocycles. The maximum absolute atomic E-state index is 11.8. The molecule has 1 fully saturated rings. The fourth-order valence-corrected chi connectivity index (χ4v) is 3.41. The monoisotopic (exact) mass is 288 g/mol. The number of hydrogen-bond acceptors (Lipinski definition) is 5. The lowest BCUT2D eigenvalue weighted by Gasteiger charge is -2.22. The summed E-state index contributed by atoms with van der Waals surface area (Å²) in [6, 6.07) is 3.98. The molecule has 2 heterocycles. The Hall–Kier alpha value is -0.920. The van der Waals surface area contributed by atoms with Gasteiger partial charge in [-0.25, -0.2) is 8.42 Å². The summed E-state index contributed by atoms with van der Waals surface area (Å²) in [5.41, 5.74) is 0. The first-order valence-electron chi connectivity index (χ1n) is 5.64. The first-order valence-corrected chi connectivity index (χ1v) is 8.51.